The molecule has 19 heavy (non-hydrogen) atoms. The summed E-state index contributed by atoms with van der Waals surface area (Å²) in [5, 5.41) is 3.81. The van der Waals surface area contributed by atoms with Crippen molar-refractivity contribution in [3.63, 3.8) is 0 Å². The van der Waals surface area contributed by atoms with E-state index in [2.05, 4.69) is 10.3 Å². The average Bonchev–Trinajstić information content (AvgIpc) is 2.36. The maximum Gasteiger partial charge on any atom is 0.250 e. The van der Waals surface area contributed by atoms with Crippen LogP contribution >= 0.6 is 0 Å². The second kappa shape index (κ2) is 5.80. The van der Waals surface area contributed by atoms with Crippen LogP contribution in [0.1, 0.15) is 19.5 Å². The number of nitrogens with zero attached hydrogens (tertiary/aromatic N) is 1. The first-order valence-electron chi connectivity index (χ1n) is 6.34. The lowest BCUT2D eigenvalue weighted by Gasteiger charge is -2.11. The average molecular weight is 258 g/mol. The molecule has 0 radical (unpaired) electrons. The van der Waals surface area contributed by atoms with E-state index in [0.29, 0.717) is 0 Å². The van der Waals surface area contributed by atoms with Crippen molar-refractivity contribution in [3.8, 4) is 0 Å². The first-order valence-corrected chi connectivity index (χ1v) is 6.34. The molecular formula is C15H18N2O2. The third-order valence-electron chi connectivity index (χ3n) is 2.67. The van der Waals surface area contributed by atoms with Gasteiger partial charge in [0, 0.05) is 11.1 Å². The molecule has 1 amide bonds. The topological polar surface area (TPSA) is 51.2 Å². The Morgan fingerprint density at radius 1 is 1.37 bits per heavy atom. The number of hydrogen-bond donors (Lipinski definition) is 1. The number of aryl methyl sites for hydroxylation is 1. The van der Waals surface area contributed by atoms with Crippen molar-refractivity contribution in [1.29, 1.82) is 0 Å². The molecule has 0 aliphatic heterocycles. The molecule has 0 saturated heterocycles. The predicted octanol–water partition coefficient (Wildman–Crippen LogP) is 2.91. The van der Waals surface area contributed by atoms with E-state index in [9.17, 15) is 4.79 Å². The molecule has 2 aromatic rings. The second-order valence-corrected chi connectivity index (χ2v) is 4.74. The summed E-state index contributed by atoms with van der Waals surface area (Å²) in [4.78, 5) is 16.3. The van der Waals surface area contributed by atoms with E-state index in [-0.39, 0.29) is 18.6 Å². The fourth-order valence-electron chi connectivity index (χ4n) is 1.84. The fourth-order valence-corrected chi connectivity index (χ4v) is 1.84. The lowest BCUT2D eigenvalue weighted by atomic mass is 10.1. The van der Waals surface area contributed by atoms with E-state index < -0.39 is 0 Å². The number of para-hydroxylation sites is 1. The molecule has 0 bridgehead atoms. The Morgan fingerprint density at radius 2 is 2.11 bits per heavy atom. The van der Waals surface area contributed by atoms with Gasteiger partial charge in [-0.05, 0) is 32.9 Å². The zero-order valence-corrected chi connectivity index (χ0v) is 11.4. The van der Waals surface area contributed by atoms with Crippen LogP contribution in [0, 0.1) is 6.92 Å². The van der Waals surface area contributed by atoms with Gasteiger partial charge in [0.25, 0.3) is 0 Å². The number of pyridine rings is 1. The Bertz CT molecular complexity index is 594. The standard InChI is InChI=1S/C15H18N2O2/c1-10(2)19-9-15(18)17-14-8-11(3)16-13-7-5-4-6-12(13)14/h4-8,10H,9H2,1-3H3,(H,16,17,18). The molecule has 0 spiro atoms. The fraction of sp³-hybridized carbons (Fsp3) is 0.333. The molecule has 1 heterocycles. The first-order chi connectivity index (χ1) is 9.06. The van der Waals surface area contributed by atoms with Crippen molar-refractivity contribution < 1.29 is 9.53 Å². The quantitative estimate of drug-likeness (QED) is 0.917. The largest absolute Gasteiger partial charge is 0.369 e. The maximum atomic E-state index is 11.8. The molecule has 100 valence electrons. The number of carbonyl (C=O) groups excluding carboxylic acids is 1. The number of hydrogen-bond acceptors (Lipinski definition) is 3. The van der Waals surface area contributed by atoms with Gasteiger partial charge in [0.1, 0.15) is 6.61 Å². The lowest BCUT2D eigenvalue weighted by Crippen LogP contribution is -2.20. The molecule has 0 saturated carbocycles. The van der Waals surface area contributed by atoms with Crippen molar-refractivity contribution >= 4 is 22.5 Å². The number of benzene rings is 1. The van der Waals surface area contributed by atoms with Gasteiger partial charge in [-0.3, -0.25) is 9.78 Å². The minimum atomic E-state index is -0.149. The maximum absolute atomic E-state index is 11.8. The summed E-state index contributed by atoms with van der Waals surface area (Å²) in [6.07, 6.45) is 0.0432. The normalized spacial score (nSPS) is 10.9. The molecule has 0 fully saturated rings. The van der Waals surface area contributed by atoms with Crippen LogP contribution in [-0.2, 0) is 9.53 Å². The predicted molar refractivity (Wildman–Crippen MR) is 76.2 cm³/mol. The number of rotatable bonds is 4. The Hall–Kier alpha value is -1.94. The number of ether oxygens (including phenoxy) is 1. The van der Waals surface area contributed by atoms with Crippen LogP contribution in [0.25, 0.3) is 10.9 Å². The van der Waals surface area contributed by atoms with E-state index in [1.165, 1.54) is 0 Å². The SMILES string of the molecule is Cc1cc(NC(=O)COC(C)C)c2ccccc2n1. The molecule has 4 nitrogen and oxygen atoms in total. The van der Waals surface area contributed by atoms with Gasteiger partial charge >= 0.3 is 0 Å². The van der Waals surface area contributed by atoms with Gasteiger partial charge < -0.3 is 10.1 Å². The number of fused-ring (bicyclic) bond motifs is 1. The molecule has 2 rings (SSSR count). The number of nitrogens with one attached hydrogen (secondary N) is 1. The molecule has 0 aliphatic carbocycles. The number of amides is 1. The Labute approximate surface area is 112 Å². The summed E-state index contributed by atoms with van der Waals surface area (Å²) < 4.78 is 5.29. The van der Waals surface area contributed by atoms with Gasteiger partial charge in [-0.25, -0.2) is 0 Å². The number of carbonyl (C=O) groups is 1. The zero-order valence-electron chi connectivity index (χ0n) is 11.4. The van der Waals surface area contributed by atoms with Crippen molar-refractivity contribution in [1.82, 2.24) is 4.98 Å². The van der Waals surface area contributed by atoms with Crippen LogP contribution in [-0.4, -0.2) is 23.6 Å². The van der Waals surface area contributed by atoms with Gasteiger partial charge in [-0.1, -0.05) is 18.2 Å². The molecule has 1 N–H and O–H groups in total. The Balaban J connectivity index is 2.22. The molecule has 1 aromatic carbocycles. The Kier molecular flexibility index (Phi) is 4.12. The highest BCUT2D eigenvalue weighted by Crippen LogP contribution is 2.22. The van der Waals surface area contributed by atoms with E-state index in [0.717, 1.165) is 22.3 Å². The first kappa shape index (κ1) is 13.5. The molecule has 4 heteroatoms. The van der Waals surface area contributed by atoms with E-state index >= 15 is 0 Å². The monoisotopic (exact) mass is 258 g/mol. The van der Waals surface area contributed by atoms with Crippen LogP contribution in [0.4, 0.5) is 5.69 Å². The van der Waals surface area contributed by atoms with E-state index in [1.807, 2.05) is 51.1 Å². The third kappa shape index (κ3) is 3.51. The summed E-state index contributed by atoms with van der Waals surface area (Å²) in [5.41, 5.74) is 2.53. The van der Waals surface area contributed by atoms with Crippen LogP contribution in [0.15, 0.2) is 30.3 Å². The van der Waals surface area contributed by atoms with Gasteiger partial charge in [0.05, 0.1) is 17.3 Å². The van der Waals surface area contributed by atoms with Gasteiger partial charge in [0.2, 0.25) is 5.91 Å². The highest BCUT2D eigenvalue weighted by Gasteiger charge is 2.08. The van der Waals surface area contributed by atoms with Gasteiger partial charge in [0.15, 0.2) is 0 Å². The lowest BCUT2D eigenvalue weighted by molar-refractivity contribution is -0.121. The number of anilines is 1. The summed E-state index contributed by atoms with van der Waals surface area (Å²) >= 11 is 0. The molecular weight excluding hydrogens is 240 g/mol. The second-order valence-electron chi connectivity index (χ2n) is 4.74. The summed E-state index contributed by atoms with van der Waals surface area (Å²) in [6.45, 7) is 5.78. The minimum absolute atomic E-state index is 0.0432. The minimum Gasteiger partial charge on any atom is -0.369 e. The molecule has 1 aromatic heterocycles. The highest BCUT2D eigenvalue weighted by molar-refractivity contribution is 6.01. The highest BCUT2D eigenvalue weighted by atomic mass is 16.5. The van der Waals surface area contributed by atoms with Crippen molar-refractivity contribution in [2.75, 3.05) is 11.9 Å². The van der Waals surface area contributed by atoms with Crippen LogP contribution < -0.4 is 5.32 Å². The summed E-state index contributed by atoms with van der Waals surface area (Å²) in [5.74, 6) is -0.149. The molecule has 0 aliphatic rings. The molecule has 0 atom stereocenters. The van der Waals surface area contributed by atoms with Crippen LogP contribution in [0.3, 0.4) is 0 Å². The van der Waals surface area contributed by atoms with Crippen molar-refractivity contribution in [2.45, 2.75) is 26.9 Å². The smallest absolute Gasteiger partial charge is 0.250 e. The van der Waals surface area contributed by atoms with Crippen molar-refractivity contribution in [2.24, 2.45) is 0 Å². The third-order valence-corrected chi connectivity index (χ3v) is 2.67. The molecule has 0 unspecified atom stereocenters. The van der Waals surface area contributed by atoms with E-state index in [1.54, 1.807) is 0 Å². The Morgan fingerprint density at radius 3 is 2.84 bits per heavy atom. The van der Waals surface area contributed by atoms with Gasteiger partial charge in [-0.15, -0.1) is 0 Å². The van der Waals surface area contributed by atoms with Gasteiger partial charge in [-0.2, -0.15) is 0 Å². The number of aromatic nitrogens is 1. The van der Waals surface area contributed by atoms with Crippen molar-refractivity contribution in [3.05, 3.63) is 36.0 Å². The summed E-state index contributed by atoms with van der Waals surface area (Å²) in [7, 11) is 0. The summed E-state index contributed by atoms with van der Waals surface area (Å²) in [6, 6.07) is 9.61. The van der Waals surface area contributed by atoms with Crippen LogP contribution in [0.2, 0.25) is 0 Å². The zero-order chi connectivity index (χ0) is 13.8. The van der Waals surface area contributed by atoms with Crippen LogP contribution in [0.5, 0.6) is 0 Å². The van der Waals surface area contributed by atoms with E-state index in [4.69, 9.17) is 4.74 Å².